The van der Waals surface area contributed by atoms with Gasteiger partial charge >= 0.3 is 0 Å². The first-order chi connectivity index (χ1) is 19.1. The summed E-state index contributed by atoms with van der Waals surface area (Å²) in [6, 6.07) is 11.5. The number of carbonyl (C=O) groups is 4. The molecular formula is C35H40O6. The molecule has 2 aromatic carbocycles. The predicted octanol–water partition coefficient (Wildman–Crippen LogP) is 5.84. The molecule has 2 unspecified atom stereocenters. The quantitative estimate of drug-likeness (QED) is 0.354. The third-order valence-electron chi connectivity index (χ3n) is 10.1. The summed E-state index contributed by atoms with van der Waals surface area (Å²) in [7, 11) is 0. The van der Waals surface area contributed by atoms with Crippen molar-refractivity contribution in [1.29, 1.82) is 0 Å². The van der Waals surface area contributed by atoms with E-state index in [0.717, 1.165) is 29.5 Å². The average Bonchev–Trinajstić information content (AvgIpc) is 2.86. The van der Waals surface area contributed by atoms with Crippen LogP contribution in [-0.4, -0.2) is 38.9 Å². The summed E-state index contributed by atoms with van der Waals surface area (Å²) in [4.78, 5) is 55.3. The van der Waals surface area contributed by atoms with Gasteiger partial charge in [-0.05, 0) is 72.8 Å². The number of benzene rings is 2. The highest BCUT2D eigenvalue weighted by atomic mass is 16.3. The lowest BCUT2D eigenvalue weighted by atomic mass is 9.41. The van der Waals surface area contributed by atoms with Crippen molar-refractivity contribution >= 4 is 23.1 Å². The lowest BCUT2D eigenvalue weighted by Gasteiger charge is -2.60. The van der Waals surface area contributed by atoms with E-state index in [9.17, 15) is 29.4 Å². The second-order valence-electron chi connectivity index (χ2n) is 13.3. The lowest BCUT2D eigenvalue weighted by Crippen LogP contribution is -2.73. The topological polar surface area (TPSA) is 109 Å². The highest BCUT2D eigenvalue weighted by molar-refractivity contribution is 6.27. The van der Waals surface area contributed by atoms with Gasteiger partial charge in [-0.3, -0.25) is 19.2 Å². The van der Waals surface area contributed by atoms with E-state index in [0.29, 0.717) is 17.6 Å². The number of fused-ring (bicyclic) bond motifs is 3. The SMILES string of the molecule is CCCc1ccc(-c2ccc(O)c3c2C[C@@]2(C)C[C@@]4(C)C(C(C)C)=C(C)C(C(C)=O)C(=O)[C@@]4(O)C(=O)C2C3=O)cc1. The molecule has 0 saturated heterocycles. The Morgan fingerprint density at radius 3 is 2.22 bits per heavy atom. The van der Waals surface area contributed by atoms with E-state index in [1.807, 2.05) is 39.0 Å². The molecule has 5 rings (SSSR count). The van der Waals surface area contributed by atoms with E-state index >= 15 is 0 Å². The van der Waals surface area contributed by atoms with Crippen LogP contribution in [0.5, 0.6) is 5.75 Å². The summed E-state index contributed by atoms with van der Waals surface area (Å²) >= 11 is 0. The summed E-state index contributed by atoms with van der Waals surface area (Å²) in [5.74, 6) is -5.66. The number of hydrogen-bond acceptors (Lipinski definition) is 6. The summed E-state index contributed by atoms with van der Waals surface area (Å²) in [5.41, 5.74) is 0.259. The number of rotatable bonds is 5. The number of phenols is 1. The molecule has 0 heterocycles. The molecule has 0 aromatic heterocycles. The minimum absolute atomic E-state index is 0.0744. The first kappa shape index (κ1) is 29.1. The summed E-state index contributed by atoms with van der Waals surface area (Å²) in [5, 5.41) is 23.2. The van der Waals surface area contributed by atoms with Crippen molar-refractivity contribution in [2.45, 2.75) is 79.8 Å². The van der Waals surface area contributed by atoms with Crippen molar-refractivity contribution in [3.63, 3.8) is 0 Å². The summed E-state index contributed by atoms with van der Waals surface area (Å²) in [6.07, 6.45) is 2.50. The maximum Gasteiger partial charge on any atom is 0.192 e. The van der Waals surface area contributed by atoms with E-state index in [-0.39, 0.29) is 23.7 Å². The van der Waals surface area contributed by atoms with E-state index in [1.54, 1.807) is 13.8 Å². The van der Waals surface area contributed by atoms with Gasteiger partial charge in [-0.25, -0.2) is 0 Å². The molecule has 1 fully saturated rings. The molecule has 5 atom stereocenters. The minimum atomic E-state index is -2.53. The van der Waals surface area contributed by atoms with Crippen LogP contribution in [0.2, 0.25) is 0 Å². The second-order valence-corrected chi connectivity index (χ2v) is 13.3. The third-order valence-corrected chi connectivity index (χ3v) is 10.1. The van der Waals surface area contributed by atoms with Crippen molar-refractivity contribution < 1.29 is 29.4 Å². The Morgan fingerprint density at radius 1 is 1.02 bits per heavy atom. The molecular weight excluding hydrogens is 516 g/mol. The molecule has 0 bridgehead atoms. The second kappa shape index (κ2) is 9.59. The van der Waals surface area contributed by atoms with Crippen LogP contribution in [0.1, 0.15) is 82.8 Å². The summed E-state index contributed by atoms with van der Waals surface area (Å²) in [6.45, 7) is 12.7. The maximum absolute atomic E-state index is 14.5. The smallest absolute Gasteiger partial charge is 0.192 e. The van der Waals surface area contributed by atoms with Gasteiger partial charge in [0, 0.05) is 5.41 Å². The van der Waals surface area contributed by atoms with Crippen LogP contribution >= 0.6 is 0 Å². The number of hydrogen-bond donors (Lipinski definition) is 2. The fraction of sp³-hybridized carbons (Fsp3) is 0.486. The Morgan fingerprint density at radius 2 is 1.66 bits per heavy atom. The van der Waals surface area contributed by atoms with Crippen LogP contribution in [-0.2, 0) is 27.2 Å². The van der Waals surface area contributed by atoms with Crippen molar-refractivity contribution in [3.8, 4) is 16.9 Å². The number of ketones is 4. The molecule has 2 aromatic rings. The Balaban J connectivity index is 1.72. The van der Waals surface area contributed by atoms with E-state index < -0.39 is 51.4 Å². The fourth-order valence-electron chi connectivity index (χ4n) is 8.75. The fourth-order valence-corrected chi connectivity index (χ4v) is 8.75. The van der Waals surface area contributed by atoms with Gasteiger partial charge in [-0.15, -0.1) is 0 Å². The van der Waals surface area contributed by atoms with Crippen LogP contribution in [0.15, 0.2) is 47.5 Å². The van der Waals surface area contributed by atoms with Gasteiger partial charge in [-0.2, -0.15) is 0 Å². The first-order valence-electron chi connectivity index (χ1n) is 14.6. The number of aromatic hydroxyl groups is 1. The molecule has 6 heteroatoms. The van der Waals surface area contributed by atoms with Gasteiger partial charge in [0.05, 0.1) is 11.5 Å². The summed E-state index contributed by atoms with van der Waals surface area (Å²) < 4.78 is 0. The number of Topliss-reactive ketones (excluding diaryl/α,β-unsaturated/α-hetero) is 4. The highest BCUT2D eigenvalue weighted by Gasteiger charge is 2.73. The largest absolute Gasteiger partial charge is 0.507 e. The molecule has 3 aliphatic carbocycles. The number of allylic oxidation sites excluding steroid dienone is 1. The molecule has 0 amide bonds. The molecule has 41 heavy (non-hydrogen) atoms. The number of phenolic OH excluding ortho intramolecular Hbond substituents is 1. The van der Waals surface area contributed by atoms with Crippen molar-refractivity contribution in [2.75, 3.05) is 0 Å². The Hall–Kier alpha value is -3.38. The van der Waals surface area contributed by atoms with E-state index in [2.05, 4.69) is 19.1 Å². The maximum atomic E-state index is 14.5. The number of aryl methyl sites for hydroxylation is 1. The average molecular weight is 557 g/mol. The molecule has 0 radical (unpaired) electrons. The highest BCUT2D eigenvalue weighted by Crippen LogP contribution is 2.64. The molecule has 2 N–H and O–H groups in total. The number of aliphatic hydroxyl groups is 1. The van der Waals surface area contributed by atoms with Crippen LogP contribution in [0, 0.1) is 28.6 Å². The Labute approximate surface area is 241 Å². The standard InChI is InChI=1S/C35H40O6/c1-8-9-21-10-12-22(13-11-21)23-14-15-25(37)27-24(23)16-33(6)17-34(7)28(18(2)3)19(4)26(20(5)36)31(39)35(34,41)32(40)29(33)30(27)38/h10-15,18,26,29,37,41H,8-9,16-17H2,1-7H3/t26?,29?,33-,34-,35+/m0/s1. The molecule has 0 aliphatic heterocycles. The monoisotopic (exact) mass is 556 g/mol. The molecule has 3 aliphatic rings. The van der Waals surface area contributed by atoms with Crippen LogP contribution in [0.25, 0.3) is 11.1 Å². The van der Waals surface area contributed by atoms with Crippen LogP contribution in [0.3, 0.4) is 0 Å². The van der Waals surface area contributed by atoms with Crippen molar-refractivity contribution in [1.82, 2.24) is 0 Å². The minimum Gasteiger partial charge on any atom is -0.507 e. The van der Waals surface area contributed by atoms with Crippen molar-refractivity contribution in [3.05, 3.63) is 64.2 Å². The lowest BCUT2D eigenvalue weighted by molar-refractivity contribution is -0.183. The van der Waals surface area contributed by atoms with Crippen LogP contribution in [0.4, 0.5) is 0 Å². The zero-order valence-electron chi connectivity index (χ0n) is 25.1. The Kier molecular flexibility index (Phi) is 6.81. The number of carbonyl (C=O) groups excluding carboxylic acids is 4. The van der Waals surface area contributed by atoms with Crippen molar-refractivity contribution in [2.24, 2.45) is 28.6 Å². The predicted molar refractivity (Wildman–Crippen MR) is 157 cm³/mol. The van der Waals surface area contributed by atoms with Gasteiger partial charge in [0.2, 0.25) is 0 Å². The third kappa shape index (κ3) is 3.86. The Bertz CT molecular complexity index is 1530. The van der Waals surface area contributed by atoms with Gasteiger partial charge in [-0.1, -0.05) is 82.5 Å². The van der Waals surface area contributed by atoms with Gasteiger partial charge < -0.3 is 10.2 Å². The first-order valence-corrected chi connectivity index (χ1v) is 14.6. The zero-order chi connectivity index (χ0) is 30.2. The molecule has 6 nitrogen and oxygen atoms in total. The van der Waals surface area contributed by atoms with Gasteiger partial charge in [0.25, 0.3) is 0 Å². The normalized spacial score (nSPS) is 31.2. The molecule has 0 spiro atoms. The molecule has 1 saturated carbocycles. The molecule has 216 valence electrons. The van der Waals surface area contributed by atoms with Gasteiger partial charge in [0.1, 0.15) is 17.5 Å². The van der Waals surface area contributed by atoms with E-state index in [1.165, 1.54) is 18.6 Å². The van der Waals surface area contributed by atoms with Gasteiger partial charge in [0.15, 0.2) is 23.0 Å². The van der Waals surface area contributed by atoms with Crippen LogP contribution < -0.4 is 0 Å². The zero-order valence-corrected chi connectivity index (χ0v) is 25.1. The van der Waals surface area contributed by atoms with E-state index in [4.69, 9.17) is 0 Å².